The summed E-state index contributed by atoms with van der Waals surface area (Å²) in [5.74, 6) is -0.518. The fourth-order valence-electron chi connectivity index (χ4n) is 3.75. The molecule has 1 fully saturated rings. The number of barbiturate groups is 1. The topological polar surface area (TPSA) is 84.9 Å². The minimum absolute atomic E-state index is 0.169. The highest BCUT2D eigenvalue weighted by Crippen LogP contribution is 2.38. The Morgan fingerprint density at radius 3 is 2.22 bits per heavy atom. The minimum Gasteiger partial charge on any atom is -0.490 e. The van der Waals surface area contributed by atoms with Crippen molar-refractivity contribution < 1.29 is 23.9 Å². The van der Waals surface area contributed by atoms with Gasteiger partial charge in [-0.05, 0) is 88.4 Å². The van der Waals surface area contributed by atoms with E-state index in [1.807, 2.05) is 50.2 Å². The summed E-state index contributed by atoms with van der Waals surface area (Å²) in [7, 11) is 0. The Labute approximate surface area is 231 Å². The van der Waals surface area contributed by atoms with Gasteiger partial charge in [0.25, 0.3) is 11.8 Å². The molecule has 0 spiro atoms. The number of hydrogen-bond acceptors (Lipinski definition) is 5. The Balaban J connectivity index is 1.64. The van der Waals surface area contributed by atoms with Crippen molar-refractivity contribution in [3.05, 3.63) is 91.9 Å². The summed E-state index contributed by atoms with van der Waals surface area (Å²) in [6.45, 7) is 4.57. The Bertz CT molecular complexity index is 1370. The van der Waals surface area contributed by atoms with Crippen LogP contribution < -0.4 is 19.7 Å². The summed E-state index contributed by atoms with van der Waals surface area (Å²) >= 11 is 6.95. The van der Waals surface area contributed by atoms with Gasteiger partial charge in [-0.25, -0.2) is 9.69 Å². The van der Waals surface area contributed by atoms with E-state index < -0.39 is 17.8 Å². The van der Waals surface area contributed by atoms with Gasteiger partial charge < -0.3 is 9.47 Å². The smallest absolute Gasteiger partial charge is 0.335 e. The predicted molar refractivity (Wildman–Crippen MR) is 149 cm³/mol. The van der Waals surface area contributed by atoms with E-state index in [-0.39, 0.29) is 5.57 Å². The molecule has 9 heteroatoms. The van der Waals surface area contributed by atoms with E-state index in [0.29, 0.717) is 40.4 Å². The number of halogens is 2. The molecule has 190 valence electrons. The predicted octanol–water partition coefficient (Wildman–Crippen LogP) is 6.42. The second-order valence-electron chi connectivity index (χ2n) is 8.16. The lowest BCUT2D eigenvalue weighted by molar-refractivity contribution is -0.122. The van der Waals surface area contributed by atoms with Gasteiger partial charge in [-0.2, -0.15) is 0 Å². The van der Waals surface area contributed by atoms with E-state index >= 15 is 0 Å². The molecule has 1 N–H and O–H groups in total. The first-order chi connectivity index (χ1) is 17.8. The zero-order valence-electron chi connectivity index (χ0n) is 20.2. The van der Waals surface area contributed by atoms with Gasteiger partial charge in [-0.1, -0.05) is 47.1 Å². The number of imide groups is 2. The van der Waals surface area contributed by atoms with Crippen molar-refractivity contribution in [1.82, 2.24) is 5.32 Å². The maximum Gasteiger partial charge on any atom is 0.335 e. The maximum absolute atomic E-state index is 13.3. The number of hydrogen-bond donors (Lipinski definition) is 1. The van der Waals surface area contributed by atoms with Gasteiger partial charge in [-0.3, -0.25) is 14.9 Å². The lowest BCUT2D eigenvalue weighted by Crippen LogP contribution is -2.54. The molecule has 4 amide bonds. The van der Waals surface area contributed by atoms with Crippen LogP contribution in [-0.2, 0) is 22.6 Å². The second-order valence-corrected chi connectivity index (χ2v) is 9.93. The number of aryl methyl sites for hydroxylation is 1. The van der Waals surface area contributed by atoms with Gasteiger partial charge in [0.05, 0.1) is 16.8 Å². The summed E-state index contributed by atoms with van der Waals surface area (Å²) in [6.07, 6.45) is 2.26. The number of carbonyl (C=O) groups is 3. The molecule has 0 bridgehead atoms. The molecule has 0 radical (unpaired) electrons. The number of carbonyl (C=O) groups excluding carboxylic acids is 3. The molecule has 1 aliphatic rings. The zero-order valence-corrected chi connectivity index (χ0v) is 23.4. The molecular weight excluding hydrogens is 604 g/mol. The number of ether oxygens (including phenoxy) is 2. The molecular formula is C28H24Br2N2O5. The third kappa shape index (κ3) is 6.11. The lowest BCUT2D eigenvalue weighted by atomic mass is 10.1. The van der Waals surface area contributed by atoms with Gasteiger partial charge in [0, 0.05) is 4.47 Å². The minimum atomic E-state index is -0.788. The SMILES string of the molecule is CCOc1cc(/C=C2/C(=O)NC(=O)N(c3ccc(CC)cc3)C2=O)cc(Br)c1OCc1ccc(Br)cc1. The van der Waals surface area contributed by atoms with E-state index in [1.54, 1.807) is 24.3 Å². The van der Waals surface area contributed by atoms with E-state index in [4.69, 9.17) is 9.47 Å². The van der Waals surface area contributed by atoms with Crippen molar-refractivity contribution in [1.29, 1.82) is 0 Å². The quantitative estimate of drug-likeness (QED) is 0.230. The highest BCUT2D eigenvalue weighted by atomic mass is 79.9. The van der Waals surface area contributed by atoms with Gasteiger partial charge in [0.2, 0.25) is 0 Å². The van der Waals surface area contributed by atoms with Crippen molar-refractivity contribution >= 4 is 61.5 Å². The van der Waals surface area contributed by atoms with E-state index in [2.05, 4.69) is 37.2 Å². The molecule has 1 heterocycles. The third-order valence-corrected chi connectivity index (χ3v) is 6.76. The van der Waals surface area contributed by atoms with E-state index in [9.17, 15) is 14.4 Å². The average molecular weight is 628 g/mol. The van der Waals surface area contributed by atoms with Crippen molar-refractivity contribution in [2.24, 2.45) is 0 Å². The summed E-state index contributed by atoms with van der Waals surface area (Å²) < 4.78 is 13.4. The van der Waals surface area contributed by atoms with Crippen LogP contribution in [-0.4, -0.2) is 24.5 Å². The van der Waals surface area contributed by atoms with Gasteiger partial charge in [0.1, 0.15) is 12.2 Å². The number of benzene rings is 3. The molecule has 0 saturated carbocycles. The molecule has 0 aliphatic carbocycles. The van der Waals surface area contributed by atoms with Crippen LogP contribution in [0.15, 0.2) is 75.2 Å². The van der Waals surface area contributed by atoms with Crippen molar-refractivity contribution in [2.45, 2.75) is 26.9 Å². The number of amides is 4. The first kappa shape index (κ1) is 26.6. The molecule has 3 aromatic rings. The second kappa shape index (κ2) is 11.7. The van der Waals surface area contributed by atoms with Crippen molar-refractivity contribution in [3.63, 3.8) is 0 Å². The Morgan fingerprint density at radius 2 is 1.57 bits per heavy atom. The number of rotatable bonds is 8. The van der Waals surface area contributed by atoms with Crippen LogP contribution in [0.3, 0.4) is 0 Å². The Morgan fingerprint density at radius 1 is 0.892 bits per heavy atom. The van der Waals surface area contributed by atoms with Crippen LogP contribution in [0.1, 0.15) is 30.5 Å². The number of urea groups is 1. The van der Waals surface area contributed by atoms with Gasteiger partial charge >= 0.3 is 6.03 Å². The molecule has 1 aliphatic heterocycles. The zero-order chi connectivity index (χ0) is 26.5. The molecule has 1 saturated heterocycles. The Hall–Kier alpha value is -3.43. The summed E-state index contributed by atoms with van der Waals surface area (Å²) in [5, 5.41) is 2.25. The number of anilines is 1. The van der Waals surface area contributed by atoms with Crippen LogP contribution in [0.25, 0.3) is 6.08 Å². The fraction of sp³-hybridized carbons (Fsp3) is 0.179. The van der Waals surface area contributed by atoms with E-state index in [0.717, 1.165) is 26.9 Å². The molecule has 7 nitrogen and oxygen atoms in total. The standard InChI is InChI=1S/C28H24Br2N2O5/c1-3-17-7-11-21(12-8-17)32-27(34)22(26(33)31-28(32)35)13-19-14-23(30)25(24(15-19)36-4-2)37-16-18-5-9-20(29)10-6-18/h5-15H,3-4,16H2,1-2H3,(H,31,33,35)/b22-13-. The lowest BCUT2D eigenvalue weighted by Gasteiger charge is -2.26. The number of nitrogens with zero attached hydrogens (tertiary/aromatic N) is 1. The molecule has 0 atom stereocenters. The first-order valence-electron chi connectivity index (χ1n) is 11.6. The fourth-order valence-corrected chi connectivity index (χ4v) is 4.59. The third-order valence-electron chi connectivity index (χ3n) is 5.64. The van der Waals surface area contributed by atoms with Crippen LogP contribution in [0, 0.1) is 0 Å². The van der Waals surface area contributed by atoms with E-state index in [1.165, 1.54) is 6.08 Å². The Kier molecular flexibility index (Phi) is 8.45. The van der Waals surface area contributed by atoms with Crippen molar-refractivity contribution in [2.75, 3.05) is 11.5 Å². The summed E-state index contributed by atoms with van der Waals surface area (Å²) in [5.41, 5.74) is 2.78. The van der Waals surface area contributed by atoms with Crippen LogP contribution in [0.5, 0.6) is 11.5 Å². The number of nitrogens with one attached hydrogen (secondary N) is 1. The van der Waals surface area contributed by atoms with Crippen LogP contribution in [0.4, 0.5) is 10.5 Å². The molecule has 0 unspecified atom stereocenters. The first-order valence-corrected chi connectivity index (χ1v) is 13.2. The van der Waals surface area contributed by atoms with Crippen LogP contribution >= 0.6 is 31.9 Å². The maximum atomic E-state index is 13.3. The molecule has 37 heavy (non-hydrogen) atoms. The van der Waals surface area contributed by atoms with Gasteiger partial charge in [-0.15, -0.1) is 0 Å². The average Bonchev–Trinajstić information content (AvgIpc) is 2.87. The molecule has 4 rings (SSSR count). The largest absolute Gasteiger partial charge is 0.490 e. The summed E-state index contributed by atoms with van der Waals surface area (Å²) in [6, 6.07) is 17.5. The molecule has 0 aromatic heterocycles. The van der Waals surface area contributed by atoms with Gasteiger partial charge in [0.15, 0.2) is 11.5 Å². The molecule has 3 aromatic carbocycles. The monoisotopic (exact) mass is 626 g/mol. The van der Waals surface area contributed by atoms with Crippen LogP contribution in [0.2, 0.25) is 0 Å². The summed E-state index contributed by atoms with van der Waals surface area (Å²) in [4.78, 5) is 39.4. The highest BCUT2D eigenvalue weighted by Gasteiger charge is 2.36. The normalized spacial score (nSPS) is 14.6. The van der Waals surface area contributed by atoms with Crippen molar-refractivity contribution in [3.8, 4) is 11.5 Å². The highest BCUT2D eigenvalue weighted by molar-refractivity contribution is 9.10.